The number of nitrogens with one attached hydrogen (secondary N) is 1. The van der Waals surface area contributed by atoms with Gasteiger partial charge in [0.25, 0.3) is 0 Å². The van der Waals surface area contributed by atoms with Crippen molar-refractivity contribution in [2.24, 2.45) is 0 Å². The Hall–Kier alpha value is -1.99. The second-order valence-electron chi connectivity index (χ2n) is 3.57. The Balaban J connectivity index is 2.16. The van der Waals surface area contributed by atoms with Crippen molar-refractivity contribution in [3.63, 3.8) is 0 Å². The van der Waals surface area contributed by atoms with Crippen LogP contribution in [0.15, 0.2) is 47.8 Å². The first-order valence-corrected chi connectivity index (χ1v) is 6.67. The highest BCUT2D eigenvalue weighted by atomic mass is 32.2. The van der Waals surface area contributed by atoms with Gasteiger partial charge in [0.2, 0.25) is 10.0 Å². The van der Waals surface area contributed by atoms with E-state index in [4.69, 9.17) is 5.73 Å². The van der Waals surface area contributed by atoms with Crippen molar-refractivity contribution < 1.29 is 8.42 Å². The van der Waals surface area contributed by atoms with E-state index in [9.17, 15) is 8.42 Å². The minimum absolute atomic E-state index is 0.0141. The van der Waals surface area contributed by atoms with E-state index in [1.807, 2.05) is 0 Å². The van der Waals surface area contributed by atoms with Crippen LogP contribution >= 0.6 is 0 Å². The van der Waals surface area contributed by atoms with Crippen LogP contribution in [0.5, 0.6) is 0 Å². The molecular weight excluding hydrogens is 252 g/mol. The van der Waals surface area contributed by atoms with Crippen LogP contribution in [0, 0.1) is 0 Å². The van der Waals surface area contributed by atoms with Crippen LogP contribution in [-0.2, 0) is 16.6 Å². The Morgan fingerprint density at radius 1 is 1.17 bits per heavy atom. The predicted octanol–water partition coefficient (Wildman–Crippen LogP) is 0.537. The quantitative estimate of drug-likeness (QED) is 0.839. The first-order chi connectivity index (χ1) is 8.59. The molecular formula is C11H12N4O2S. The molecule has 0 unspecified atom stereocenters. The molecule has 0 spiro atoms. The summed E-state index contributed by atoms with van der Waals surface area (Å²) >= 11 is 0. The van der Waals surface area contributed by atoms with Crippen molar-refractivity contribution in [1.82, 2.24) is 14.7 Å². The number of anilines is 1. The molecule has 2 aromatic heterocycles. The Morgan fingerprint density at radius 2 is 1.89 bits per heavy atom. The lowest BCUT2D eigenvalue weighted by Gasteiger charge is -2.07. The number of sulfonamides is 1. The van der Waals surface area contributed by atoms with E-state index in [-0.39, 0.29) is 17.3 Å². The van der Waals surface area contributed by atoms with Crippen LogP contribution in [0.1, 0.15) is 5.56 Å². The molecule has 0 saturated carbocycles. The molecule has 0 aromatic carbocycles. The van der Waals surface area contributed by atoms with E-state index >= 15 is 0 Å². The summed E-state index contributed by atoms with van der Waals surface area (Å²) < 4.78 is 26.4. The van der Waals surface area contributed by atoms with Gasteiger partial charge in [-0.05, 0) is 29.8 Å². The van der Waals surface area contributed by atoms with Gasteiger partial charge in [-0.1, -0.05) is 0 Å². The number of rotatable bonds is 4. The molecule has 0 saturated heterocycles. The molecule has 0 fully saturated rings. The number of nitrogens with zero attached hydrogens (tertiary/aromatic N) is 2. The number of aromatic nitrogens is 2. The van der Waals surface area contributed by atoms with Crippen LogP contribution < -0.4 is 10.5 Å². The second-order valence-corrected chi connectivity index (χ2v) is 5.30. The minimum Gasteiger partial charge on any atom is -0.383 e. The Labute approximate surface area is 105 Å². The largest absolute Gasteiger partial charge is 0.383 e. The third kappa shape index (κ3) is 2.82. The lowest BCUT2D eigenvalue weighted by Crippen LogP contribution is -2.24. The van der Waals surface area contributed by atoms with Crippen LogP contribution in [0.3, 0.4) is 0 Å². The van der Waals surface area contributed by atoms with Crippen molar-refractivity contribution in [1.29, 1.82) is 0 Å². The van der Waals surface area contributed by atoms with Crippen LogP contribution in [0.2, 0.25) is 0 Å². The molecule has 7 heteroatoms. The van der Waals surface area contributed by atoms with E-state index in [0.29, 0.717) is 0 Å². The molecule has 18 heavy (non-hydrogen) atoms. The highest BCUT2D eigenvalue weighted by Gasteiger charge is 2.17. The predicted molar refractivity (Wildman–Crippen MR) is 66.9 cm³/mol. The van der Waals surface area contributed by atoms with Crippen molar-refractivity contribution in [3.05, 3.63) is 48.4 Å². The molecule has 0 amide bonds. The number of nitrogen functional groups attached to an aromatic ring is 1. The van der Waals surface area contributed by atoms with Crippen molar-refractivity contribution in [2.45, 2.75) is 11.4 Å². The molecule has 0 aliphatic heterocycles. The van der Waals surface area contributed by atoms with Gasteiger partial charge in [0.15, 0.2) is 0 Å². The summed E-state index contributed by atoms with van der Waals surface area (Å²) in [5.41, 5.74) is 6.35. The van der Waals surface area contributed by atoms with Gasteiger partial charge in [0, 0.05) is 25.1 Å². The fraction of sp³-hybridized carbons (Fsp3) is 0.0909. The Kier molecular flexibility index (Phi) is 3.54. The van der Waals surface area contributed by atoms with Gasteiger partial charge >= 0.3 is 0 Å². The van der Waals surface area contributed by atoms with Crippen molar-refractivity contribution in [3.8, 4) is 0 Å². The Morgan fingerprint density at radius 3 is 2.56 bits per heavy atom. The second kappa shape index (κ2) is 5.11. The average Bonchev–Trinajstić information content (AvgIpc) is 2.38. The standard InChI is InChI=1S/C11H12N4O2S/c12-11-10(2-1-5-14-11)18(16,17)15-8-9-3-6-13-7-4-9/h1-7,15H,8H2,(H2,12,14). The third-order valence-electron chi connectivity index (χ3n) is 2.30. The van der Waals surface area contributed by atoms with Gasteiger partial charge in [0.05, 0.1) is 0 Å². The van der Waals surface area contributed by atoms with Crippen LogP contribution in [-0.4, -0.2) is 18.4 Å². The summed E-state index contributed by atoms with van der Waals surface area (Å²) in [4.78, 5) is 7.59. The zero-order valence-corrected chi connectivity index (χ0v) is 10.3. The highest BCUT2D eigenvalue weighted by molar-refractivity contribution is 7.89. The maximum atomic E-state index is 12.0. The molecule has 0 atom stereocenters. The van der Waals surface area contributed by atoms with Crippen LogP contribution in [0.4, 0.5) is 5.82 Å². The molecule has 2 rings (SSSR count). The fourth-order valence-corrected chi connectivity index (χ4v) is 2.48. The minimum atomic E-state index is -3.65. The lowest BCUT2D eigenvalue weighted by atomic mass is 10.3. The zero-order chi connectivity index (χ0) is 13.0. The molecule has 0 aliphatic carbocycles. The zero-order valence-electron chi connectivity index (χ0n) is 9.45. The molecule has 0 radical (unpaired) electrons. The van der Waals surface area contributed by atoms with E-state index in [1.54, 1.807) is 24.5 Å². The smallest absolute Gasteiger partial charge is 0.244 e. The summed E-state index contributed by atoms with van der Waals surface area (Å²) in [6, 6.07) is 6.40. The number of pyridine rings is 2. The summed E-state index contributed by atoms with van der Waals surface area (Å²) in [7, 11) is -3.65. The maximum Gasteiger partial charge on any atom is 0.244 e. The van der Waals surface area contributed by atoms with E-state index in [1.165, 1.54) is 18.3 Å². The average molecular weight is 264 g/mol. The van der Waals surface area contributed by atoms with Gasteiger partial charge in [-0.3, -0.25) is 4.98 Å². The monoisotopic (exact) mass is 264 g/mol. The first-order valence-electron chi connectivity index (χ1n) is 5.18. The summed E-state index contributed by atoms with van der Waals surface area (Å²) in [5, 5.41) is 0. The van der Waals surface area contributed by atoms with Gasteiger partial charge in [0.1, 0.15) is 10.7 Å². The summed E-state index contributed by atoms with van der Waals surface area (Å²) in [6.45, 7) is 0.180. The Bertz CT molecular complexity index is 629. The third-order valence-corrected chi connectivity index (χ3v) is 3.75. The summed E-state index contributed by atoms with van der Waals surface area (Å²) in [5.74, 6) is -0.0141. The van der Waals surface area contributed by atoms with Gasteiger partial charge < -0.3 is 5.73 Å². The van der Waals surface area contributed by atoms with E-state index < -0.39 is 10.0 Å². The van der Waals surface area contributed by atoms with Gasteiger partial charge in [-0.25, -0.2) is 18.1 Å². The number of hydrogen-bond acceptors (Lipinski definition) is 5. The SMILES string of the molecule is Nc1ncccc1S(=O)(=O)NCc1ccncc1. The fourth-order valence-electron chi connectivity index (χ4n) is 1.39. The molecule has 0 bridgehead atoms. The van der Waals surface area contributed by atoms with E-state index in [2.05, 4.69) is 14.7 Å². The molecule has 0 aliphatic rings. The molecule has 94 valence electrons. The highest BCUT2D eigenvalue weighted by Crippen LogP contribution is 2.14. The van der Waals surface area contributed by atoms with Crippen molar-refractivity contribution >= 4 is 15.8 Å². The van der Waals surface area contributed by atoms with Gasteiger partial charge in [-0.15, -0.1) is 0 Å². The van der Waals surface area contributed by atoms with Gasteiger partial charge in [-0.2, -0.15) is 0 Å². The van der Waals surface area contributed by atoms with E-state index in [0.717, 1.165) is 5.56 Å². The number of nitrogens with two attached hydrogens (primary N) is 1. The van der Waals surface area contributed by atoms with Crippen LogP contribution in [0.25, 0.3) is 0 Å². The molecule has 2 heterocycles. The number of hydrogen-bond donors (Lipinski definition) is 2. The molecule has 2 aromatic rings. The lowest BCUT2D eigenvalue weighted by molar-refractivity contribution is 0.581. The summed E-state index contributed by atoms with van der Waals surface area (Å²) in [6.07, 6.45) is 4.64. The molecule has 6 nitrogen and oxygen atoms in total. The maximum absolute atomic E-state index is 12.0. The normalized spacial score (nSPS) is 11.3. The topological polar surface area (TPSA) is 98.0 Å². The molecule has 3 N–H and O–H groups in total. The first kappa shape index (κ1) is 12.5. The van der Waals surface area contributed by atoms with Crippen molar-refractivity contribution in [2.75, 3.05) is 5.73 Å².